The standard InChI is InChI=1S/C4H5F3O/c5-4(6,7)8-3-1-2-3/h3H,1-2H2. The van der Waals surface area contributed by atoms with E-state index < -0.39 is 12.5 Å². The van der Waals surface area contributed by atoms with Gasteiger partial charge >= 0.3 is 6.36 Å². The molecule has 0 aromatic carbocycles. The molecule has 4 heteroatoms. The Bertz CT molecular complexity index is 83.8. The monoisotopic (exact) mass is 126 g/mol. The van der Waals surface area contributed by atoms with Crippen LogP contribution < -0.4 is 0 Å². The van der Waals surface area contributed by atoms with Gasteiger partial charge in [-0.1, -0.05) is 0 Å². The van der Waals surface area contributed by atoms with E-state index in [2.05, 4.69) is 4.74 Å². The summed E-state index contributed by atoms with van der Waals surface area (Å²) in [6.07, 6.45) is -3.84. The van der Waals surface area contributed by atoms with Gasteiger partial charge in [0.15, 0.2) is 0 Å². The van der Waals surface area contributed by atoms with Crippen LogP contribution in [0.2, 0.25) is 0 Å². The van der Waals surface area contributed by atoms with Crippen LogP contribution in [0.5, 0.6) is 0 Å². The van der Waals surface area contributed by atoms with Gasteiger partial charge in [-0.2, -0.15) is 0 Å². The highest BCUT2D eigenvalue weighted by atomic mass is 19.4. The van der Waals surface area contributed by atoms with Crippen molar-refractivity contribution in [3.8, 4) is 0 Å². The third kappa shape index (κ3) is 2.16. The highest BCUT2D eigenvalue weighted by Crippen LogP contribution is 2.31. The van der Waals surface area contributed by atoms with E-state index in [1.807, 2.05) is 0 Å². The normalized spacial score (nSPS) is 21.4. The highest BCUT2D eigenvalue weighted by Gasteiger charge is 2.38. The van der Waals surface area contributed by atoms with Crippen LogP contribution in [0, 0.1) is 0 Å². The minimum Gasteiger partial charge on any atom is -0.289 e. The van der Waals surface area contributed by atoms with Gasteiger partial charge in [-0.05, 0) is 12.8 Å². The van der Waals surface area contributed by atoms with E-state index in [1.54, 1.807) is 0 Å². The number of hydrogen-bond acceptors (Lipinski definition) is 1. The molecule has 8 heavy (non-hydrogen) atoms. The summed E-state index contributed by atoms with van der Waals surface area (Å²) in [5.41, 5.74) is 0. The Kier molecular flexibility index (Phi) is 1.19. The lowest BCUT2D eigenvalue weighted by Crippen LogP contribution is -2.14. The molecule has 1 fully saturated rings. The zero-order valence-corrected chi connectivity index (χ0v) is 4.03. The molecule has 0 heterocycles. The quantitative estimate of drug-likeness (QED) is 0.519. The number of ether oxygens (including phenoxy) is 1. The number of rotatable bonds is 1. The molecule has 0 aromatic rings. The Balaban J connectivity index is 2.16. The second-order valence-corrected chi connectivity index (χ2v) is 1.76. The lowest BCUT2D eigenvalue weighted by atomic mass is 10.8. The first-order chi connectivity index (χ1) is 3.58. The van der Waals surface area contributed by atoms with Crippen LogP contribution in [-0.2, 0) is 4.74 Å². The van der Waals surface area contributed by atoms with Crippen molar-refractivity contribution in [1.29, 1.82) is 0 Å². The van der Waals surface area contributed by atoms with Gasteiger partial charge in [-0.15, -0.1) is 13.2 Å². The topological polar surface area (TPSA) is 9.23 Å². The van der Waals surface area contributed by atoms with Gasteiger partial charge in [0.2, 0.25) is 0 Å². The smallest absolute Gasteiger partial charge is 0.289 e. The molecule has 0 N–H and O–H groups in total. The first-order valence-corrected chi connectivity index (χ1v) is 2.32. The summed E-state index contributed by atoms with van der Waals surface area (Å²) in [6.45, 7) is 0. The fraction of sp³-hybridized carbons (Fsp3) is 1.00. The van der Waals surface area contributed by atoms with Gasteiger partial charge in [-0.3, -0.25) is 4.74 Å². The SMILES string of the molecule is FC(F)(F)OC1CC1. The van der Waals surface area contributed by atoms with Gasteiger partial charge in [-0.25, -0.2) is 0 Å². The van der Waals surface area contributed by atoms with Crippen molar-refractivity contribution >= 4 is 0 Å². The minimum absolute atomic E-state index is 0.532. The van der Waals surface area contributed by atoms with Crippen molar-refractivity contribution in [3.63, 3.8) is 0 Å². The Hall–Kier alpha value is -0.250. The van der Waals surface area contributed by atoms with E-state index in [4.69, 9.17) is 0 Å². The maximum absolute atomic E-state index is 11.1. The Morgan fingerprint density at radius 3 is 1.88 bits per heavy atom. The van der Waals surface area contributed by atoms with Gasteiger partial charge < -0.3 is 0 Å². The van der Waals surface area contributed by atoms with Crippen LogP contribution in [0.4, 0.5) is 13.2 Å². The van der Waals surface area contributed by atoms with E-state index in [9.17, 15) is 13.2 Å². The Morgan fingerprint density at radius 1 is 1.25 bits per heavy atom. The van der Waals surface area contributed by atoms with E-state index in [0.717, 1.165) is 0 Å². The third-order valence-electron chi connectivity index (χ3n) is 0.825. The molecule has 0 spiro atoms. The third-order valence-corrected chi connectivity index (χ3v) is 0.825. The number of halogens is 3. The zero-order chi connectivity index (χ0) is 6.20. The summed E-state index contributed by atoms with van der Waals surface area (Å²) < 4.78 is 36.9. The molecule has 0 atom stereocenters. The molecule has 1 aliphatic rings. The fourth-order valence-electron chi connectivity index (χ4n) is 0.375. The van der Waals surface area contributed by atoms with Crippen LogP contribution >= 0.6 is 0 Å². The van der Waals surface area contributed by atoms with E-state index >= 15 is 0 Å². The van der Waals surface area contributed by atoms with Gasteiger partial charge in [0.25, 0.3) is 0 Å². The van der Waals surface area contributed by atoms with Gasteiger partial charge in [0.05, 0.1) is 6.10 Å². The van der Waals surface area contributed by atoms with Crippen molar-refractivity contribution in [1.82, 2.24) is 0 Å². The van der Waals surface area contributed by atoms with Crippen LogP contribution in [0.25, 0.3) is 0 Å². The molecule has 0 saturated heterocycles. The van der Waals surface area contributed by atoms with Gasteiger partial charge in [0.1, 0.15) is 0 Å². The molecule has 1 rings (SSSR count). The Labute approximate surface area is 44.4 Å². The molecule has 1 nitrogen and oxygen atoms in total. The van der Waals surface area contributed by atoms with Crippen LogP contribution in [0.1, 0.15) is 12.8 Å². The van der Waals surface area contributed by atoms with Crippen molar-refractivity contribution in [2.24, 2.45) is 0 Å². The van der Waals surface area contributed by atoms with Crippen molar-refractivity contribution < 1.29 is 17.9 Å². The molecule has 1 saturated carbocycles. The zero-order valence-electron chi connectivity index (χ0n) is 4.03. The molecule has 0 bridgehead atoms. The van der Waals surface area contributed by atoms with E-state index in [-0.39, 0.29) is 0 Å². The summed E-state index contributed by atoms with van der Waals surface area (Å²) in [5, 5.41) is 0. The molecule has 0 radical (unpaired) electrons. The number of hydrogen-bond donors (Lipinski definition) is 0. The fourth-order valence-corrected chi connectivity index (χ4v) is 0.375. The second kappa shape index (κ2) is 1.62. The van der Waals surface area contributed by atoms with Gasteiger partial charge in [0, 0.05) is 0 Å². The summed E-state index contributed by atoms with van der Waals surface area (Å²) in [6, 6.07) is 0. The molecule has 0 unspecified atom stereocenters. The van der Waals surface area contributed by atoms with Crippen LogP contribution in [-0.4, -0.2) is 12.5 Å². The summed E-state index contributed by atoms with van der Waals surface area (Å²) >= 11 is 0. The van der Waals surface area contributed by atoms with E-state index in [1.165, 1.54) is 0 Å². The maximum Gasteiger partial charge on any atom is 0.522 e. The second-order valence-electron chi connectivity index (χ2n) is 1.76. The lowest BCUT2D eigenvalue weighted by Gasteiger charge is -2.03. The summed E-state index contributed by atoms with van der Waals surface area (Å²) in [5.74, 6) is 0. The Morgan fingerprint density at radius 2 is 1.75 bits per heavy atom. The largest absolute Gasteiger partial charge is 0.522 e. The molecule has 1 aliphatic carbocycles. The predicted octanol–water partition coefficient (Wildman–Crippen LogP) is 1.69. The first-order valence-electron chi connectivity index (χ1n) is 2.32. The summed E-state index contributed by atoms with van der Waals surface area (Å²) in [7, 11) is 0. The van der Waals surface area contributed by atoms with Crippen molar-refractivity contribution in [2.75, 3.05) is 0 Å². The first kappa shape index (κ1) is 5.88. The molecule has 48 valence electrons. The molecule has 0 aromatic heterocycles. The van der Waals surface area contributed by atoms with E-state index in [0.29, 0.717) is 12.8 Å². The average Bonchev–Trinajstić information content (AvgIpc) is 2.12. The van der Waals surface area contributed by atoms with Crippen LogP contribution in [0.3, 0.4) is 0 Å². The van der Waals surface area contributed by atoms with Crippen molar-refractivity contribution in [2.45, 2.75) is 25.3 Å². The van der Waals surface area contributed by atoms with Crippen LogP contribution in [0.15, 0.2) is 0 Å². The number of alkyl halides is 3. The maximum atomic E-state index is 11.1. The average molecular weight is 126 g/mol. The molecule has 0 amide bonds. The highest BCUT2D eigenvalue weighted by molar-refractivity contribution is 4.73. The minimum atomic E-state index is -4.42. The molecular formula is C4H5F3O. The summed E-state index contributed by atoms with van der Waals surface area (Å²) in [4.78, 5) is 0. The molecule has 0 aliphatic heterocycles. The van der Waals surface area contributed by atoms with Crippen molar-refractivity contribution in [3.05, 3.63) is 0 Å². The molecular weight excluding hydrogens is 121 g/mol. The lowest BCUT2D eigenvalue weighted by molar-refractivity contribution is -0.329. The predicted molar refractivity (Wildman–Crippen MR) is 20.2 cm³/mol.